The maximum absolute atomic E-state index is 13.5. The zero-order valence-electron chi connectivity index (χ0n) is 17.5. The van der Waals surface area contributed by atoms with Crippen LogP contribution in [0.5, 0.6) is 0 Å². The summed E-state index contributed by atoms with van der Waals surface area (Å²) in [6.07, 6.45) is 7.72. The Balaban J connectivity index is 1.49. The van der Waals surface area contributed by atoms with E-state index in [9.17, 15) is 9.90 Å². The number of fused-ring (bicyclic) bond motifs is 1. The van der Waals surface area contributed by atoms with E-state index in [0.717, 1.165) is 35.1 Å². The molecule has 5 rings (SSSR count). The highest BCUT2D eigenvalue weighted by atomic mass is 16.3. The molecule has 3 heterocycles. The highest BCUT2D eigenvalue weighted by Crippen LogP contribution is 2.43. The summed E-state index contributed by atoms with van der Waals surface area (Å²) in [6.45, 7) is 4.15. The number of benzene rings is 1. The van der Waals surface area contributed by atoms with Crippen molar-refractivity contribution >= 4 is 5.91 Å². The number of aryl methyl sites for hydroxylation is 1. The number of hydrogen-bond donors (Lipinski definition) is 1. The smallest absolute Gasteiger partial charge is 0.257 e. The summed E-state index contributed by atoms with van der Waals surface area (Å²) < 4.78 is 1.78. The summed E-state index contributed by atoms with van der Waals surface area (Å²) in [5, 5.41) is 15.0. The first kappa shape index (κ1) is 19.0. The SMILES string of the molecule is Cn1cc(-c2ccc(-c3nccc4c3C(=O)N([C@H](C3CC3)C(C)(C)O)C4)cc2)cn1. The molecule has 2 aromatic heterocycles. The maximum Gasteiger partial charge on any atom is 0.257 e. The van der Waals surface area contributed by atoms with Crippen molar-refractivity contribution in [1.29, 1.82) is 0 Å². The van der Waals surface area contributed by atoms with Gasteiger partial charge < -0.3 is 10.0 Å². The van der Waals surface area contributed by atoms with E-state index in [-0.39, 0.29) is 11.9 Å². The van der Waals surface area contributed by atoms with Crippen LogP contribution in [-0.2, 0) is 13.6 Å². The number of amides is 1. The summed E-state index contributed by atoms with van der Waals surface area (Å²) in [5.74, 6) is 0.349. The monoisotopic (exact) mass is 402 g/mol. The molecule has 1 atom stereocenters. The summed E-state index contributed by atoms with van der Waals surface area (Å²) in [6, 6.07) is 9.85. The quantitative estimate of drug-likeness (QED) is 0.707. The first-order valence-corrected chi connectivity index (χ1v) is 10.4. The number of aliphatic hydroxyl groups is 1. The zero-order valence-corrected chi connectivity index (χ0v) is 17.5. The average Bonchev–Trinajstić information content (AvgIpc) is 3.35. The maximum atomic E-state index is 13.5. The first-order chi connectivity index (χ1) is 14.3. The molecule has 6 nitrogen and oxygen atoms in total. The minimum atomic E-state index is -0.933. The third-order valence-corrected chi connectivity index (χ3v) is 6.18. The van der Waals surface area contributed by atoms with E-state index in [0.29, 0.717) is 23.7 Å². The van der Waals surface area contributed by atoms with Crippen molar-refractivity contribution < 1.29 is 9.90 Å². The molecule has 1 fully saturated rings. The molecule has 1 aliphatic carbocycles. The van der Waals surface area contributed by atoms with Gasteiger partial charge in [-0.05, 0) is 49.8 Å². The number of aromatic nitrogens is 3. The van der Waals surface area contributed by atoms with E-state index in [4.69, 9.17) is 0 Å². The summed E-state index contributed by atoms with van der Waals surface area (Å²) in [5.41, 5.74) is 4.47. The van der Waals surface area contributed by atoms with Gasteiger partial charge in [0.1, 0.15) is 0 Å². The Bertz CT molecular complexity index is 1110. The van der Waals surface area contributed by atoms with Crippen LogP contribution >= 0.6 is 0 Å². The van der Waals surface area contributed by atoms with Gasteiger partial charge in [0, 0.05) is 37.1 Å². The zero-order chi connectivity index (χ0) is 21.0. The van der Waals surface area contributed by atoms with Crippen LogP contribution in [0.3, 0.4) is 0 Å². The second kappa shape index (κ2) is 6.77. The van der Waals surface area contributed by atoms with Gasteiger partial charge in [-0.1, -0.05) is 24.3 Å². The predicted octanol–water partition coefficient (Wildman–Crippen LogP) is 3.65. The van der Waals surface area contributed by atoms with Crippen molar-refractivity contribution in [1.82, 2.24) is 19.7 Å². The van der Waals surface area contributed by atoms with Crippen LogP contribution in [-0.4, -0.2) is 42.3 Å². The molecular weight excluding hydrogens is 376 g/mol. The molecule has 6 heteroatoms. The number of carbonyl (C=O) groups is 1. The molecule has 1 amide bonds. The van der Waals surface area contributed by atoms with Crippen LogP contribution in [0.15, 0.2) is 48.9 Å². The highest BCUT2D eigenvalue weighted by Gasteiger charge is 2.48. The minimum absolute atomic E-state index is 0.0246. The van der Waals surface area contributed by atoms with Gasteiger partial charge in [-0.15, -0.1) is 0 Å². The molecule has 1 aromatic carbocycles. The number of rotatable bonds is 5. The molecule has 1 aliphatic heterocycles. The van der Waals surface area contributed by atoms with Gasteiger partial charge in [0.25, 0.3) is 5.91 Å². The van der Waals surface area contributed by atoms with E-state index in [1.54, 1.807) is 10.9 Å². The summed E-state index contributed by atoms with van der Waals surface area (Å²) >= 11 is 0. The molecule has 0 spiro atoms. The van der Waals surface area contributed by atoms with Crippen LogP contribution in [0.2, 0.25) is 0 Å². The first-order valence-electron chi connectivity index (χ1n) is 10.4. The lowest BCUT2D eigenvalue weighted by molar-refractivity contribution is -0.0224. The second-order valence-electron chi connectivity index (χ2n) is 9.04. The van der Waals surface area contributed by atoms with Gasteiger partial charge in [0.15, 0.2) is 0 Å². The van der Waals surface area contributed by atoms with Crippen LogP contribution in [0.4, 0.5) is 0 Å². The fourth-order valence-corrected chi connectivity index (χ4v) is 4.73. The van der Waals surface area contributed by atoms with Gasteiger partial charge >= 0.3 is 0 Å². The molecular formula is C24H26N4O2. The Morgan fingerprint density at radius 2 is 1.80 bits per heavy atom. The Morgan fingerprint density at radius 1 is 1.10 bits per heavy atom. The molecule has 1 saturated carbocycles. The number of carbonyl (C=O) groups excluding carboxylic acids is 1. The van der Waals surface area contributed by atoms with Crippen molar-refractivity contribution in [2.45, 2.75) is 44.9 Å². The lowest BCUT2D eigenvalue weighted by atomic mass is 9.93. The van der Waals surface area contributed by atoms with Crippen LogP contribution in [0.1, 0.15) is 42.6 Å². The van der Waals surface area contributed by atoms with Gasteiger partial charge in [-0.2, -0.15) is 5.10 Å². The van der Waals surface area contributed by atoms with Gasteiger partial charge in [-0.3, -0.25) is 14.5 Å². The molecule has 30 heavy (non-hydrogen) atoms. The molecule has 154 valence electrons. The molecule has 0 saturated heterocycles. The number of nitrogens with zero attached hydrogens (tertiary/aromatic N) is 4. The van der Waals surface area contributed by atoms with Gasteiger partial charge in [0.2, 0.25) is 0 Å². The summed E-state index contributed by atoms with van der Waals surface area (Å²) in [4.78, 5) is 19.9. The lowest BCUT2D eigenvalue weighted by Crippen LogP contribution is -2.51. The fraction of sp³-hybridized carbons (Fsp3) is 0.375. The van der Waals surface area contributed by atoms with Crippen LogP contribution in [0, 0.1) is 5.92 Å². The predicted molar refractivity (Wildman–Crippen MR) is 115 cm³/mol. The van der Waals surface area contributed by atoms with Gasteiger partial charge in [-0.25, -0.2) is 0 Å². The van der Waals surface area contributed by atoms with Crippen LogP contribution in [0.25, 0.3) is 22.4 Å². The minimum Gasteiger partial charge on any atom is -0.388 e. The van der Waals surface area contributed by atoms with Crippen molar-refractivity contribution in [2.24, 2.45) is 13.0 Å². The average molecular weight is 402 g/mol. The number of pyridine rings is 1. The van der Waals surface area contributed by atoms with E-state index < -0.39 is 5.60 Å². The Labute approximate surface area is 176 Å². The molecule has 0 unspecified atom stereocenters. The Morgan fingerprint density at radius 3 is 2.40 bits per heavy atom. The van der Waals surface area contributed by atoms with E-state index in [2.05, 4.69) is 10.1 Å². The van der Waals surface area contributed by atoms with Crippen molar-refractivity contribution in [3.8, 4) is 22.4 Å². The molecule has 2 aliphatic rings. The standard InChI is InChI=1S/C24H26N4O2/c1-24(2,30)22(17-8-9-17)28-14-18-10-11-25-21(20(18)23(28)29)16-6-4-15(5-7-16)19-12-26-27(3)13-19/h4-7,10-13,17,22,30H,8-9,14H2,1-3H3/t22-/m1/s1. The normalized spacial score (nSPS) is 17.3. The van der Waals surface area contributed by atoms with Crippen molar-refractivity contribution in [2.75, 3.05) is 0 Å². The third-order valence-electron chi connectivity index (χ3n) is 6.18. The molecule has 1 N–H and O–H groups in total. The Kier molecular flexibility index (Phi) is 4.29. The molecule has 0 bridgehead atoms. The van der Waals surface area contributed by atoms with E-state index >= 15 is 0 Å². The molecule has 0 radical (unpaired) electrons. The van der Waals surface area contributed by atoms with Gasteiger partial charge in [0.05, 0.1) is 29.1 Å². The number of hydrogen-bond acceptors (Lipinski definition) is 4. The van der Waals surface area contributed by atoms with Crippen molar-refractivity contribution in [3.05, 3.63) is 60.0 Å². The largest absolute Gasteiger partial charge is 0.388 e. The van der Waals surface area contributed by atoms with Crippen LogP contribution < -0.4 is 0 Å². The third kappa shape index (κ3) is 3.21. The highest BCUT2D eigenvalue weighted by molar-refractivity contribution is 6.04. The van der Waals surface area contributed by atoms with E-state index in [1.807, 2.05) is 68.5 Å². The fourth-order valence-electron chi connectivity index (χ4n) is 4.73. The topological polar surface area (TPSA) is 71.2 Å². The second-order valence-corrected chi connectivity index (χ2v) is 9.04. The summed E-state index contributed by atoms with van der Waals surface area (Å²) in [7, 11) is 1.90. The Hall–Kier alpha value is -2.99. The lowest BCUT2D eigenvalue weighted by Gasteiger charge is -2.37. The molecule has 3 aromatic rings. The van der Waals surface area contributed by atoms with E-state index in [1.165, 1.54) is 0 Å². The van der Waals surface area contributed by atoms with Crippen molar-refractivity contribution in [3.63, 3.8) is 0 Å².